The third-order valence-electron chi connectivity index (χ3n) is 3.24. The standard InChI is InChI=1S/C12H13Cl2NO3S/c1-7-9(13)5-8(6-10(7)19(14,17)18)11(16)15-12(2)3-4-12/h5-6H,3-4H2,1-2H3,(H,15,16). The van der Waals surface area contributed by atoms with E-state index in [0.717, 1.165) is 12.8 Å². The molecule has 0 atom stereocenters. The summed E-state index contributed by atoms with van der Waals surface area (Å²) in [4.78, 5) is 11.9. The average Bonchev–Trinajstić information content (AvgIpc) is 2.98. The third kappa shape index (κ3) is 3.22. The maximum atomic E-state index is 12.0. The van der Waals surface area contributed by atoms with Crippen LogP contribution < -0.4 is 5.32 Å². The Kier molecular flexibility index (Phi) is 3.58. The molecule has 1 fully saturated rings. The topological polar surface area (TPSA) is 63.2 Å². The highest BCUT2D eigenvalue weighted by Gasteiger charge is 2.39. The molecule has 0 aromatic heterocycles. The lowest BCUT2D eigenvalue weighted by Gasteiger charge is -2.13. The molecule has 0 saturated heterocycles. The van der Waals surface area contributed by atoms with E-state index in [2.05, 4.69) is 5.32 Å². The van der Waals surface area contributed by atoms with Crippen LogP contribution in [0.2, 0.25) is 5.02 Å². The Morgan fingerprint density at radius 1 is 1.37 bits per heavy atom. The van der Waals surface area contributed by atoms with E-state index in [9.17, 15) is 13.2 Å². The molecule has 1 aromatic rings. The molecule has 2 rings (SSSR count). The van der Waals surface area contributed by atoms with Gasteiger partial charge >= 0.3 is 0 Å². The van der Waals surface area contributed by atoms with E-state index in [1.54, 1.807) is 6.92 Å². The molecular formula is C12H13Cl2NO3S. The predicted octanol–water partition coefficient (Wildman–Crippen LogP) is 2.86. The molecule has 0 bridgehead atoms. The van der Waals surface area contributed by atoms with Gasteiger partial charge in [-0.15, -0.1) is 0 Å². The van der Waals surface area contributed by atoms with Gasteiger partial charge in [-0.3, -0.25) is 4.79 Å². The molecule has 0 spiro atoms. The smallest absolute Gasteiger partial charge is 0.261 e. The number of nitrogens with one attached hydrogen (secondary N) is 1. The Morgan fingerprint density at radius 2 is 1.95 bits per heavy atom. The van der Waals surface area contributed by atoms with Gasteiger partial charge in [0, 0.05) is 26.8 Å². The normalized spacial score (nSPS) is 17.1. The minimum Gasteiger partial charge on any atom is -0.347 e. The van der Waals surface area contributed by atoms with Gasteiger partial charge in [-0.2, -0.15) is 0 Å². The van der Waals surface area contributed by atoms with Gasteiger partial charge in [0.1, 0.15) is 0 Å². The van der Waals surface area contributed by atoms with Crippen molar-refractivity contribution in [2.24, 2.45) is 0 Å². The van der Waals surface area contributed by atoms with Crippen LogP contribution >= 0.6 is 22.3 Å². The van der Waals surface area contributed by atoms with E-state index in [1.807, 2.05) is 6.92 Å². The highest BCUT2D eigenvalue weighted by molar-refractivity contribution is 8.13. The van der Waals surface area contributed by atoms with Gasteiger partial charge in [0.25, 0.3) is 15.0 Å². The summed E-state index contributed by atoms with van der Waals surface area (Å²) in [5.74, 6) is -0.344. The number of carbonyl (C=O) groups is 1. The Balaban J connectivity index is 2.42. The van der Waals surface area contributed by atoms with Crippen LogP contribution in [0, 0.1) is 6.92 Å². The molecule has 1 aromatic carbocycles. The molecule has 1 N–H and O–H groups in total. The molecule has 0 aliphatic heterocycles. The van der Waals surface area contributed by atoms with Crippen LogP contribution in [0.25, 0.3) is 0 Å². The van der Waals surface area contributed by atoms with Crippen molar-refractivity contribution in [3.63, 3.8) is 0 Å². The third-order valence-corrected chi connectivity index (χ3v) is 5.08. The molecule has 1 saturated carbocycles. The minimum absolute atomic E-state index is 0.132. The largest absolute Gasteiger partial charge is 0.347 e. The quantitative estimate of drug-likeness (QED) is 0.871. The second-order valence-corrected chi connectivity index (χ2v) is 7.98. The summed E-state index contributed by atoms with van der Waals surface area (Å²) in [7, 11) is 1.41. The predicted molar refractivity (Wildman–Crippen MR) is 74.3 cm³/mol. The molecule has 19 heavy (non-hydrogen) atoms. The molecule has 104 valence electrons. The molecule has 1 amide bonds. The number of hydrogen-bond acceptors (Lipinski definition) is 3. The molecule has 0 heterocycles. The molecule has 0 radical (unpaired) electrons. The van der Waals surface area contributed by atoms with Gasteiger partial charge in [0.15, 0.2) is 0 Å². The van der Waals surface area contributed by atoms with Crippen LogP contribution in [0.3, 0.4) is 0 Å². The van der Waals surface area contributed by atoms with Crippen molar-refractivity contribution in [2.75, 3.05) is 0 Å². The first-order valence-electron chi connectivity index (χ1n) is 5.70. The van der Waals surface area contributed by atoms with Crippen LogP contribution in [-0.2, 0) is 9.05 Å². The maximum absolute atomic E-state index is 12.0. The van der Waals surface area contributed by atoms with E-state index in [-0.39, 0.29) is 26.9 Å². The number of rotatable bonds is 3. The summed E-state index contributed by atoms with van der Waals surface area (Å²) in [6.07, 6.45) is 1.83. The molecular weight excluding hydrogens is 309 g/mol. The van der Waals surface area contributed by atoms with Gasteiger partial charge in [-0.05, 0) is 44.4 Å². The highest BCUT2D eigenvalue weighted by Crippen LogP contribution is 2.35. The number of amides is 1. The number of carbonyl (C=O) groups excluding carboxylic acids is 1. The van der Waals surface area contributed by atoms with E-state index < -0.39 is 9.05 Å². The van der Waals surface area contributed by atoms with Crippen molar-refractivity contribution in [1.82, 2.24) is 5.32 Å². The van der Waals surface area contributed by atoms with E-state index in [0.29, 0.717) is 5.56 Å². The van der Waals surface area contributed by atoms with Gasteiger partial charge in [0.05, 0.1) is 4.90 Å². The Labute approximate surface area is 121 Å². The average molecular weight is 322 g/mol. The summed E-state index contributed by atoms with van der Waals surface area (Å²) in [5.41, 5.74) is 0.350. The molecule has 7 heteroatoms. The van der Waals surface area contributed by atoms with Crippen LogP contribution in [0.4, 0.5) is 0 Å². The van der Waals surface area contributed by atoms with Crippen LogP contribution in [-0.4, -0.2) is 19.9 Å². The highest BCUT2D eigenvalue weighted by atomic mass is 35.7. The lowest BCUT2D eigenvalue weighted by molar-refractivity contribution is 0.0935. The van der Waals surface area contributed by atoms with E-state index in [4.69, 9.17) is 22.3 Å². The number of hydrogen-bond donors (Lipinski definition) is 1. The first-order chi connectivity index (χ1) is 8.62. The van der Waals surface area contributed by atoms with Crippen molar-refractivity contribution < 1.29 is 13.2 Å². The first-order valence-corrected chi connectivity index (χ1v) is 8.38. The van der Waals surface area contributed by atoms with Crippen molar-refractivity contribution >= 4 is 37.2 Å². The van der Waals surface area contributed by atoms with E-state index >= 15 is 0 Å². The van der Waals surface area contributed by atoms with Crippen molar-refractivity contribution in [1.29, 1.82) is 0 Å². The Hall–Kier alpha value is -0.780. The van der Waals surface area contributed by atoms with Crippen LogP contribution in [0.1, 0.15) is 35.7 Å². The fraction of sp³-hybridized carbons (Fsp3) is 0.417. The second-order valence-electron chi connectivity index (χ2n) is 5.03. The SMILES string of the molecule is Cc1c(Cl)cc(C(=O)NC2(C)CC2)cc1S(=O)(=O)Cl. The second kappa shape index (κ2) is 4.65. The van der Waals surface area contributed by atoms with Crippen LogP contribution in [0.5, 0.6) is 0 Å². The summed E-state index contributed by atoms with van der Waals surface area (Å²) in [5, 5.41) is 3.04. The van der Waals surface area contributed by atoms with Gasteiger partial charge in [0.2, 0.25) is 0 Å². The van der Waals surface area contributed by atoms with Crippen LogP contribution in [0.15, 0.2) is 17.0 Å². The summed E-state index contributed by atoms with van der Waals surface area (Å²) >= 11 is 5.95. The summed E-state index contributed by atoms with van der Waals surface area (Å²) in [6.45, 7) is 3.47. The molecule has 4 nitrogen and oxygen atoms in total. The van der Waals surface area contributed by atoms with Crippen molar-refractivity contribution in [2.45, 2.75) is 37.1 Å². The fourth-order valence-corrected chi connectivity index (χ4v) is 3.20. The Morgan fingerprint density at radius 3 is 2.42 bits per heavy atom. The first kappa shape index (κ1) is 14.6. The summed E-state index contributed by atoms with van der Waals surface area (Å²) < 4.78 is 22.9. The molecule has 0 unspecified atom stereocenters. The number of benzene rings is 1. The van der Waals surface area contributed by atoms with Gasteiger partial charge in [-0.25, -0.2) is 8.42 Å². The summed E-state index contributed by atoms with van der Waals surface area (Å²) in [6, 6.07) is 2.70. The lowest BCUT2D eigenvalue weighted by atomic mass is 10.1. The van der Waals surface area contributed by atoms with Gasteiger partial charge in [-0.1, -0.05) is 11.6 Å². The lowest BCUT2D eigenvalue weighted by Crippen LogP contribution is -2.34. The number of halogens is 2. The zero-order valence-corrected chi connectivity index (χ0v) is 12.8. The monoisotopic (exact) mass is 321 g/mol. The van der Waals surface area contributed by atoms with Crippen molar-refractivity contribution in [3.05, 3.63) is 28.3 Å². The van der Waals surface area contributed by atoms with E-state index in [1.165, 1.54) is 12.1 Å². The molecule has 1 aliphatic carbocycles. The zero-order chi connectivity index (χ0) is 14.4. The van der Waals surface area contributed by atoms with Gasteiger partial charge < -0.3 is 5.32 Å². The maximum Gasteiger partial charge on any atom is 0.261 e. The van der Waals surface area contributed by atoms with Crippen molar-refractivity contribution in [3.8, 4) is 0 Å². The zero-order valence-electron chi connectivity index (χ0n) is 10.5. The minimum atomic E-state index is -3.93. The Bertz CT molecular complexity index is 651. The molecule has 1 aliphatic rings. The fourth-order valence-electron chi connectivity index (χ4n) is 1.70.